The Morgan fingerprint density at radius 3 is 2.38 bits per heavy atom. The molecule has 4 heteroatoms. The molecule has 0 aromatic carbocycles. The molecule has 1 heterocycles. The molecular formula is C9H13BrO2S. The van der Waals surface area contributed by atoms with E-state index in [9.17, 15) is 0 Å². The van der Waals surface area contributed by atoms with Gasteiger partial charge in [0.15, 0.2) is 6.29 Å². The van der Waals surface area contributed by atoms with Gasteiger partial charge in [-0.2, -0.15) is 0 Å². The van der Waals surface area contributed by atoms with Gasteiger partial charge in [-0.1, -0.05) is 0 Å². The number of rotatable bonds is 5. The fraction of sp³-hybridized carbons (Fsp3) is 0.556. The number of hydrogen-bond acceptors (Lipinski definition) is 3. The van der Waals surface area contributed by atoms with Crippen molar-refractivity contribution in [1.82, 2.24) is 0 Å². The third-order valence-corrected chi connectivity index (χ3v) is 3.02. The fourth-order valence-electron chi connectivity index (χ4n) is 0.990. The quantitative estimate of drug-likeness (QED) is 0.757. The molecule has 2 nitrogen and oxygen atoms in total. The molecule has 0 saturated heterocycles. The van der Waals surface area contributed by atoms with E-state index in [4.69, 9.17) is 9.47 Å². The first-order valence-corrected chi connectivity index (χ1v) is 5.92. The van der Waals surface area contributed by atoms with Crippen molar-refractivity contribution in [2.45, 2.75) is 20.1 Å². The summed E-state index contributed by atoms with van der Waals surface area (Å²) in [6.07, 6.45) is -0.211. The van der Waals surface area contributed by atoms with E-state index in [2.05, 4.69) is 15.9 Å². The Morgan fingerprint density at radius 2 is 2.00 bits per heavy atom. The summed E-state index contributed by atoms with van der Waals surface area (Å²) >= 11 is 5.05. The van der Waals surface area contributed by atoms with Gasteiger partial charge in [-0.15, -0.1) is 11.3 Å². The van der Waals surface area contributed by atoms with E-state index in [1.165, 1.54) is 0 Å². The molecule has 1 aromatic rings. The van der Waals surface area contributed by atoms with Crippen LogP contribution in [-0.4, -0.2) is 13.2 Å². The highest BCUT2D eigenvalue weighted by atomic mass is 79.9. The Kier molecular flexibility index (Phi) is 4.94. The summed E-state index contributed by atoms with van der Waals surface area (Å²) in [5.41, 5.74) is 1.08. The molecule has 0 spiro atoms. The zero-order chi connectivity index (χ0) is 9.68. The number of ether oxygens (including phenoxy) is 2. The Labute approximate surface area is 91.0 Å². The minimum absolute atomic E-state index is 0.211. The maximum Gasteiger partial charge on any atom is 0.184 e. The van der Waals surface area contributed by atoms with E-state index < -0.39 is 0 Å². The summed E-state index contributed by atoms with van der Waals surface area (Å²) in [6, 6.07) is 2.03. The van der Waals surface area contributed by atoms with Gasteiger partial charge in [0.1, 0.15) is 0 Å². The molecule has 0 amide bonds. The first-order chi connectivity index (χ1) is 6.27. The molecule has 0 fully saturated rings. The first-order valence-electron chi connectivity index (χ1n) is 4.25. The monoisotopic (exact) mass is 264 g/mol. The van der Waals surface area contributed by atoms with Gasteiger partial charge in [-0.3, -0.25) is 0 Å². The van der Waals surface area contributed by atoms with Crippen LogP contribution in [0.1, 0.15) is 25.7 Å². The maximum absolute atomic E-state index is 5.45. The van der Waals surface area contributed by atoms with Crippen LogP contribution in [0, 0.1) is 0 Å². The maximum atomic E-state index is 5.45. The average molecular weight is 265 g/mol. The van der Waals surface area contributed by atoms with Crippen molar-refractivity contribution < 1.29 is 9.47 Å². The van der Waals surface area contributed by atoms with Gasteiger partial charge in [-0.05, 0) is 35.8 Å². The summed E-state index contributed by atoms with van der Waals surface area (Å²) in [6.45, 7) is 5.26. The second kappa shape index (κ2) is 5.75. The minimum Gasteiger partial charge on any atom is -0.349 e. The second-order valence-corrected chi connectivity index (χ2v) is 4.72. The lowest BCUT2D eigenvalue weighted by Gasteiger charge is -2.15. The van der Waals surface area contributed by atoms with E-state index >= 15 is 0 Å². The Morgan fingerprint density at radius 1 is 1.38 bits per heavy atom. The highest BCUT2D eigenvalue weighted by molar-refractivity contribution is 9.11. The summed E-state index contributed by atoms with van der Waals surface area (Å²) in [7, 11) is 0. The van der Waals surface area contributed by atoms with Crippen LogP contribution in [0.15, 0.2) is 15.2 Å². The van der Waals surface area contributed by atoms with Crippen molar-refractivity contribution in [3.05, 3.63) is 20.8 Å². The van der Waals surface area contributed by atoms with E-state index in [1.807, 2.05) is 25.3 Å². The van der Waals surface area contributed by atoms with E-state index in [1.54, 1.807) is 11.3 Å². The average Bonchev–Trinajstić information content (AvgIpc) is 2.51. The number of hydrogen-bond donors (Lipinski definition) is 0. The van der Waals surface area contributed by atoms with E-state index in [0.717, 1.165) is 9.35 Å². The summed E-state index contributed by atoms with van der Waals surface area (Å²) in [4.78, 5) is 0. The Hall–Kier alpha value is 0.100. The zero-order valence-electron chi connectivity index (χ0n) is 7.75. The number of thiophene rings is 1. The molecule has 1 rings (SSSR count). The molecule has 13 heavy (non-hydrogen) atoms. The van der Waals surface area contributed by atoms with Gasteiger partial charge in [-0.25, -0.2) is 0 Å². The van der Waals surface area contributed by atoms with Crippen LogP contribution in [0.5, 0.6) is 0 Å². The molecule has 1 aromatic heterocycles. The van der Waals surface area contributed by atoms with Crippen molar-refractivity contribution in [3.63, 3.8) is 0 Å². The van der Waals surface area contributed by atoms with Gasteiger partial charge in [0.2, 0.25) is 0 Å². The second-order valence-electron chi connectivity index (χ2n) is 2.43. The van der Waals surface area contributed by atoms with Crippen LogP contribution in [-0.2, 0) is 9.47 Å². The molecule has 0 atom stereocenters. The minimum atomic E-state index is -0.211. The lowest BCUT2D eigenvalue weighted by Crippen LogP contribution is -2.07. The summed E-state index contributed by atoms with van der Waals surface area (Å²) < 4.78 is 12.0. The molecule has 0 unspecified atom stereocenters. The molecule has 0 aliphatic heterocycles. The predicted octanol–water partition coefficient (Wildman–Crippen LogP) is 3.58. The van der Waals surface area contributed by atoms with E-state index in [-0.39, 0.29) is 6.29 Å². The molecular weight excluding hydrogens is 252 g/mol. The van der Waals surface area contributed by atoms with Crippen LogP contribution in [0.4, 0.5) is 0 Å². The van der Waals surface area contributed by atoms with Crippen molar-refractivity contribution in [2.75, 3.05) is 13.2 Å². The molecule has 74 valence electrons. The Bertz CT molecular complexity index is 244. The lowest BCUT2D eigenvalue weighted by molar-refractivity contribution is -0.140. The third kappa shape index (κ3) is 3.38. The topological polar surface area (TPSA) is 18.5 Å². The third-order valence-electron chi connectivity index (χ3n) is 1.50. The van der Waals surface area contributed by atoms with Crippen molar-refractivity contribution in [2.24, 2.45) is 0 Å². The lowest BCUT2D eigenvalue weighted by atomic mass is 10.3. The Balaban J connectivity index is 2.63. The molecule has 0 N–H and O–H groups in total. The zero-order valence-corrected chi connectivity index (χ0v) is 10.2. The van der Waals surface area contributed by atoms with Crippen molar-refractivity contribution in [1.29, 1.82) is 0 Å². The van der Waals surface area contributed by atoms with E-state index in [0.29, 0.717) is 13.2 Å². The van der Waals surface area contributed by atoms with Crippen LogP contribution in [0.2, 0.25) is 0 Å². The SMILES string of the molecule is CCOC(OCC)c1csc(Br)c1. The normalized spacial score (nSPS) is 11.1. The summed E-state index contributed by atoms with van der Waals surface area (Å²) in [5.74, 6) is 0. The molecule has 0 radical (unpaired) electrons. The first kappa shape index (κ1) is 11.2. The molecule has 0 aliphatic carbocycles. The standard InChI is InChI=1S/C9H13BrO2S/c1-3-11-9(12-4-2)7-5-8(10)13-6-7/h5-6,9H,3-4H2,1-2H3. The van der Waals surface area contributed by atoms with Crippen LogP contribution >= 0.6 is 27.3 Å². The fourth-order valence-corrected chi connectivity index (χ4v) is 2.17. The van der Waals surface area contributed by atoms with Gasteiger partial charge in [0, 0.05) is 24.2 Å². The highest BCUT2D eigenvalue weighted by Gasteiger charge is 2.12. The van der Waals surface area contributed by atoms with Crippen LogP contribution in [0.3, 0.4) is 0 Å². The van der Waals surface area contributed by atoms with Crippen LogP contribution in [0.25, 0.3) is 0 Å². The highest BCUT2D eigenvalue weighted by Crippen LogP contribution is 2.27. The van der Waals surface area contributed by atoms with Gasteiger partial charge in [0.05, 0.1) is 3.79 Å². The molecule has 0 aliphatic rings. The number of halogens is 1. The molecule has 0 saturated carbocycles. The van der Waals surface area contributed by atoms with Gasteiger partial charge >= 0.3 is 0 Å². The smallest absolute Gasteiger partial charge is 0.184 e. The van der Waals surface area contributed by atoms with Crippen molar-refractivity contribution in [3.8, 4) is 0 Å². The summed E-state index contributed by atoms with van der Waals surface area (Å²) in [5, 5.41) is 2.04. The molecule has 0 bridgehead atoms. The van der Waals surface area contributed by atoms with Crippen molar-refractivity contribution >= 4 is 27.3 Å². The van der Waals surface area contributed by atoms with Gasteiger partial charge in [0.25, 0.3) is 0 Å². The van der Waals surface area contributed by atoms with Gasteiger partial charge < -0.3 is 9.47 Å². The van der Waals surface area contributed by atoms with Crippen LogP contribution < -0.4 is 0 Å². The largest absolute Gasteiger partial charge is 0.349 e. The predicted molar refractivity (Wildman–Crippen MR) is 58.0 cm³/mol.